The van der Waals surface area contributed by atoms with Gasteiger partial charge in [-0.1, -0.05) is 17.3 Å². The van der Waals surface area contributed by atoms with E-state index in [4.69, 9.17) is 14.3 Å². The summed E-state index contributed by atoms with van der Waals surface area (Å²) < 4.78 is 10.8. The van der Waals surface area contributed by atoms with E-state index in [0.717, 1.165) is 68.8 Å². The maximum absolute atomic E-state index is 5.85. The average Bonchev–Trinajstić information content (AvgIpc) is 3.25. The number of nitrogens with one attached hydrogen (secondary N) is 1. The van der Waals surface area contributed by atoms with E-state index in [1.807, 2.05) is 32.3 Å². The van der Waals surface area contributed by atoms with Gasteiger partial charge in [-0.15, -0.1) is 0 Å². The molecule has 1 aliphatic heterocycles. The molecule has 0 saturated carbocycles. The number of nitrogens with zero attached hydrogens (tertiary/aromatic N) is 5. The summed E-state index contributed by atoms with van der Waals surface area (Å²) >= 11 is 0. The molecule has 1 fully saturated rings. The molecule has 8 nitrogen and oxygen atoms in total. The number of benzene rings is 1. The number of aromatic nitrogens is 1. The average molecular weight is 415 g/mol. The quantitative estimate of drug-likeness (QED) is 0.496. The lowest BCUT2D eigenvalue weighted by molar-refractivity contribution is 0.169. The van der Waals surface area contributed by atoms with Gasteiger partial charge in [0.25, 0.3) is 0 Å². The lowest BCUT2D eigenvalue weighted by atomic mass is 10.2. The van der Waals surface area contributed by atoms with Gasteiger partial charge in [0, 0.05) is 51.9 Å². The van der Waals surface area contributed by atoms with Gasteiger partial charge in [0.2, 0.25) is 0 Å². The number of likely N-dealkylation sites (N-methyl/N-ethyl adjacent to an activating group) is 1. The molecule has 1 aliphatic rings. The van der Waals surface area contributed by atoms with Crippen molar-refractivity contribution >= 4 is 5.96 Å². The minimum absolute atomic E-state index is 0.631. The highest BCUT2D eigenvalue weighted by Crippen LogP contribution is 2.15. The van der Waals surface area contributed by atoms with E-state index in [1.54, 1.807) is 6.26 Å². The zero-order chi connectivity index (χ0) is 21.2. The minimum Gasteiger partial charge on any atom is -0.492 e. The van der Waals surface area contributed by atoms with Crippen LogP contribution in [0.15, 0.2) is 46.1 Å². The summed E-state index contributed by atoms with van der Waals surface area (Å²) in [5.41, 5.74) is 2.13. The molecule has 0 bridgehead atoms. The van der Waals surface area contributed by atoms with Gasteiger partial charge >= 0.3 is 0 Å². The van der Waals surface area contributed by atoms with Crippen LogP contribution in [0, 0.1) is 0 Å². The van der Waals surface area contributed by atoms with E-state index in [-0.39, 0.29) is 0 Å². The summed E-state index contributed by atoms with van der Waals surface area (Å²) in [4.78, 5) is 11.7. The highest BCUT2D eigenvalue weighted by molar-refractivity contribution is 5.80. The molecule has 1 aromatic heterocycles. The van der Waals surface area contributed by atoms with Crippen molar-refractivity contribution in [3.05, 3.63) is 47.9 Å². The smallest absolute Gasteiger partial charge is 0.194 e. The molecule has 30 heavy (non-hydrogen) atoms. The van der Waals surface area contributed by atoms with E-state index in [0.29, 0.717) is 13.2 Å². The Morgan fingerprint density at radius 1 is 1.23 bits per heavy atom. The topological polar surface area (TPSA) is 69.4 Å². The van der Waals surface area contributed by atoms with Crippen LogP contribution in [0.4, 0.5) is 0 Å². The van der Waals surface area contributed by atoms with Crippen LogP contribution in [0.5, 0.6) is 5.75 Å². The Balaban J connectivity index is 1.53. The van der Waals surface area contributed by atoms with E-state index in [1.165, 1.54) is 0 Å². The first kappa shape index (κ1) is 22.1. The van der Waals surface area contributed by atoms with Crippen molar-refractivity contribution in [2.45, 2.75) is 20.0 Å². The zero-order valence-corrected chi connectivity index (χ0v) is 18.4. The molecular formula is C22H34N6O2. The first-order valence-electron chi connectivity index (χ1n) is 10.7. The number of guanidine groups is 1. The van der Waals surface area contributed by atoms with Gasteiger partial charge in [-0.25, -0.2) is 4.99 Å². The Morgan fingerprint density at radius 3 is 2.77 bits per heavy atom. The predicted molar refractivity (Wildman–Crippen MR) is 119 cm³/mol. The third-order valence-electron chi connectivity index (χ3n) is 5.00. The van der Waals surface area contributed by atoms with E-state index < -0.39 is 0 Å². The highest BCUT2D eigenvalue weighted by atomic mass is 16.5. The molecule has 0 spiro atoms. The fraction of sp³-hybridized carbons (Fsp3) is 0.545. The van der Waals surface area contributed by atoms with Crippen molar-refractivity contribution in [3.63, 3.8) is 0 Å². The zero-order valence-electron chi connectivity index (χ0n) is 18.4. The highest BCUT2D eigenvalue weighted by Gasteiger charge is 2.20. The van der Waals surface area contributed by atoms with Crippen molar-refractivity contribution in [2.75, 3.05) is 60.0 Å². The molecule has 0 unspecified atom stereocenters. The maximum Gasteiger partial charge on any atom is 0.194 e. The first-order valence-corrected chi connectivity index (χ1v) is 10.7. The summed E-state index contributed by atoms with van der Waals surface area (Å²) in [6, 6.07) is 10.1. The third-order valence-corrected chi connectivity index (χ3v) is 5.00. The molecule has 3 rings (SSSR count). The summed E-state index contributed by atoms with van der Waals surface area (Å²) in [5, 5.41) is 7.45. The minimum atomic E-state index is 0.631. The van der Waals surface area contributed by atoms with E-state index in [2.05, 4.69) is 44.2 Å². The number of hydrogen-bond acceptors (Lipinski definition) is 6. The Morgan fingerprint density at radius 2 is 2.07 bits per heavy atom. The number of aliphatic imine (C=N–C) groups is 1. The molecule has 1 N–H and O–H groups in total. The van der Waals surface area contributed by atoms with Crippen LogP contribution in [-0.4, -0.2) is 85.8 Å². The van der Waals surface area contributed by atoms with Crippen molar-refractivity contribution in [1.82, 2.24) is 25.2 Å². The van der Waals surface area contributed by atoms with Crippen LogP contribution in [0.1, 0.15) is 18.2 Å². The summed E-state index contributed by atoms with van der Waals surface area (Å²) in [6.07, 6.45) is 1.63. The fourth-order valence-corrected chi connectivity index (χ4v) is 3.34. The standard InChI is InChI=1S/C22H34N6O2/c1-4-23-22(28-11-9-27(10-12-28)18-20-8-14-30-25-20)24-17-19-6-5-7-21(16-19)29-15-13-26(2)3/h5-8,14,16H,4,9-13,15,17-18H2,1-3H3,(H,23,24). The number of piperazine rings is 1. The van der Waals surface area contributed by atoms with Crippen LogP contribution < -0.4 is 10.1 Å². The Bertz CT molecular complexity index is 770. The van der Waals surface area contributed by atoms with Gasteiger partial charge in [-0.2, -0.15) is 0 Å². The molecule has 8 heteroatoms. The normalized spacial score (nSPS) is 15.6. The first-order chi connectivity index (χ1) is 14.6. The SMILES string of the molecule is CCNC(=NCc1cccc(OCCN(C)C)c1)N1CCN(Cc2ccon2)CC1. The van der Waals surface area contributed by atoms with Crippen molar-refractivity contribution < 1.29 is 9.26 Å². The second kappa shape index (κ2) is 11.6. The van der Waals surface area contributed by atoms with Crippen LogP contribution in [0.2, 0.25) is 0 Å². The molecular weight excluding hydrogens is 380 g/mol. The second-order valence-corrected chi connectivity index (χ2v) is 7.72. The molecule has 0 amide bonds. The maximum atomic E-state index is 5.85. The molecule has 0 radical (unpaired) electrons. The summed E-state index contributed by atoms with van der Waals surface area (Å²) in [7, 11) is 4.09. The van der Waals surface area contributed by atoms with E-state index >= 15 is 0 Å². The third kappa shape index (κ3) is 7.03. The van der Waals surface area contributed by atoms with Crippen molar-refractivity contribution in [3.8, 4) is 5.75 Å². The number of ether oxygens (including phenoxy) is 1. The molecule has 0 atom stereocenters. The Hall–Kier alpha value is -2.58. The van der Waals surface area contributed by atoms with Crippen LogP contribution >= 0.6 is 0 Å². The number of hydrogen-bond donors (Lipinski definition) is 1. The van der Waals surface area contributed by atoms with Gasteiger partial charge < -0.3 is 24.4 Å². The van der Waals surface area contributed by atoms with Crippen molar-refractivity contribution in [2.24, 2.45) is 4.99 Å². The van der Waals surface area contributed by atoms with Crippen molar-refractivity contribution in [1.29, 1.82) is 0 Å². The van der Waals surface area contributed by atoms with Gasteiger partial charge in [0.1, 0.15) is 18.6 Å². The lowest BCUT2D eigenvalue weighted by Crippen LogP contribution is -2.52. The molecule has 2 heterocycles. The van der Waals surface area contributed by atoms with E-state index in [9.17, 15) is 0 Å². The number of rotatable bonds is 9. The van der Waals surface area contributed by atoms with Crippen LogP contribution in [-0.2, 0) is 13.1 Å². The van der Waals surface area contributed by atoms with Gasteiger partial charge in [0.05, 0.1) is 12.2 Å². The molecule has 1 saturated heterocycles. The summed E-state index contributed by atoms with van der Waals surface area (Å²) in [5.74, 6) is 1.87. The monoisotopic (exact) mass is 414 g/mol. The fourth-order valence-electron chi connectivity index (χ4n) is 3.34. The molecule has 1 aromatic carbocycles. The molecule has 2 aromatic rings. The predicted octanol–water partition coefficient (Wildman–Crippen LogP) is 1.90. The Kier molecular flexibility index (Phi) is 8.53. The second-order valence-electron chi connectivity index (χ2n) is 7.72. The van der Waals surface area contributed by atoms with Crippen LogP contribution in [0.25, 0.3) is 0 Å². The molecule has 164 valence electrons. The van der Waals surface area contributed by atoms with Crippen LogP contribution in [0.3, 0.4) is 0 Å². The van der Waals surface area contributed by atoms with Gasteiger partial charge in [0.15, 0.2) is 5.96 Å². The largest absolute Gasteiger partial charge is 0.492 e. The summed E-state index contributed by atoms with van der Waals surface area (Å²) in [6.45, 7) is 9.84. The molecule has 0 aliphatic carbocycles. The van der Waals surface area contributed by atoms with Gasteiger partial charge in [-0.3, -0.25) is 4.90 Å². The van der Waals surface area contributed by atoms with Gasteiger partial charge in [-0.05, 0) is 38.7 Å². The lowest BCUT2D eigenvalue weighted by Gasteiger charge is -2.36. The Labute approximate surface area is 179 Å².